The molecule has 0 aliphatic carbocycles. The molecule has 1 aromatic carbocycles. The van der Waals surface area contributed by atoms with E-state index in [9.17, 15) is 13.2 Å². The Bertz CT molecular complexity index is 793. The molecule has 0 radical (unpaired) electrons. The summed E-state index contributed by atoms with van der Waals surface area (Å²) < 4.78 is 33.6. The predicted molar refractivity (Wildman–Crippen MR) is 94.2 cm³/mol. The fourth-order valence-electron chi connectivity index (χ4n) is 4.25. The third-order valence-electron chi connectivity index (χ3n) is 5.27. The Morgan fingerprint density at radius 1 is 1.04 bits per heavy atom. The van der Waals surface area contributed by atoms with E-state index >= 15 is 0 Å². The highest BCUT2D eigenvalue weighted by atomic mass is 32.2. The van der Waals surface area contributed by atoms with Gasteiger partial charge in [0, 0.05) is 26.1 Å². The minimum absolute atomic E-state index is 0.109. The van der Waals surface area contributed by atoms with Crippen LogP contribution in [0.15, 0.2) is 17.0 Å². The maximum absolute atomic E-state index is 13.2. The second-order valence-corrected chi connectivity index (χ2v) is 9.26. The molecule has 1 aromatic rings. The van der Waals surface area contributed by atoms with E-state index in [1.54, 1.807) is 12.1 Å². The summed E-state index contributed by atoms with van der Waals surface area (Å²) in [5.41, 5.74) is 2.94. The van der Waals surface area contributed by atoms with Gasteiger partial charge in [-0.25, -0.2) is 8.42 Å². The molecular formula is C18H24N2O4S. The first-order valence-electron chi connectivity index (χ1n) is 8.98. The van der Waals surface area contributed by atoms with Crippen molar-refractivity contribution in [2.75, 3.05) is 24.5 Å². The summed E-state index contributed by atoms with van der Waals surface area (Å²) in [6, 6.07) is 3.56. The van der Waals surface area contributed by atoms with Crippen molar-refractivity contribution in [3.63, 3.8) is 0 Å². The Balaban J connectivity index is 1.75. The Hall–Kier alpha value is -1.44. The summed E-state index contributed by atoms with van der Waals surface area (Å²) in [7, 11) is -3.55. The predicted octanol–water partition coefficient (Wildman–Crippen LogP) is 1.71. The summed E-state index contributed by atoms with van der Waals surface area (Å²) in [5, 5.41) is 0. The molecule has 0 aromatic heterocycles. The standard InChI is InChI=1S/C18H24N2O4S/c1-12-10-19(11-13(2)24-12)25(22,23)16-8-14-4-3-7-20-17(21)6-5-15(9-16)18(14)20/h8-9,12-13H,3-7,10-11H2,1-2H3/t12-,13-/m1/s1. The van der Waals surface area contributed by atoms with Gasteiger partial charge in [0.25, 0.3) is 0 Å². The second-order valence-electron chi connectivity index (χ2n) is 7.32. The molecule has 0 saturated carbocycles. The van der Waals surface area contributed by atoms with Crippen LogP contribution in [-0.2, 0) is 32.4 Å². The number of carbonyl (C=O) groups excluding carboxylic acids is 1. The Morgan fingerprint density at radius 2 is 1.68 bits per heavy atom. The zero-order chi connectivity index (χ0) is 17.8. The molecule has 1 saturated heterocycles. The first kappa shape index (κ1) is 17.0. The largest absolute Gasteiger partial charge is 0.373 e. The van der Waals surface area contributed by atoms with E-state index < -0.39 is 10.0 Å². The van der Waals surface area contributed by atoms with Crippen molar-refractivity contribution in [2.45, 2.75) is 56.6 Å². The fraction of sp³-hybridized carbons (Fsp3) is 0.611. The van der Waals surface area contributed by atoms with Gasteiger partial charge >= 0.3 is 0 Å². The Labute approximate surface area is 148 Å². The molecule has 1 fully saturated rings. The van der Waals surface area contributed by atoms with Gasteiger partial charge in [0.2, 0.25) is 15.9 Å². The van der Waals surface area contributed by atoms with Crippen molar-refractivity contribution in [3.05, 3.63) is 23.3 Å². The molecule has 3 aliphatic rings. The van der Waals surface area contributed by atoms with Crippen LogP contribution in [0.25, 0.3) is 0 Å². The lowest BCUT2D eigenvalue weighted by Crippen LogP contribution is -2.48. The molecule has 0 spiro atoms. The zero-order valence-electron chi connectivity index (χ0n) is 14.7. The van der Waals surface area contributed by atoms with Crippen LogP contribution < -0.4 is 4.90 Å². The van der Waals surface area contributed by atoms with Gasteiger partial charge in [-0.2, -0.15) is 4.31 Å². The molecule has 0 N–H and O–H groups in total. The fourth-order valence-corrected chi connectivity index (χ4v) is 5.94. The van der Waals surface area contributed by atoms with Gasteiger partial charge < -0.3 is 9.64 Å². The van der Waals surface area contributed by atoms with Crippen LogP contribution in [0, 0.1) is 0 Å². The van der Waals surface area contributed by atoms with Crippen LogP contribution in [0.2, 0.25) is 0 Å². The summed E-state index contributed by atoms with van der Waals surface area (Å²) in [4.78, 5) is 14.4. The third-order valence-corrected chi connectivity index (χ3v) is 7.08. The minimum atomic E-state index is -3.55. The van der Waals surface area contributed by atoms with Crippen molar-refractivity contribution < 1.29 is 17.9 Å². The van der Waals surface area contributed by atoms with Gasteiger partial charge in [0.1, 0.15) is 0 Å². The van der Waals surface area contributed by atoms with E-state index in [1.807, 2.05) is 18.7 Å². The lowest BCUT2D eigenvalue weighted by atomic mass is 9.92. The SMILES string of the molecule is C[C@@H]1CN(S(=O)(=O)c2cc3c4c(c2)CCC(=O)N4CCC3)C[C@@H](C)O1. The molecule has 25 heavy (non-hydrogen) atoms. The highest BCUT2D eigenvalue weighted by Crippen LogP contribution is 2.38. The van der Waals surface area contributed by atoms with Crippen molar-refractivity contribution in [1.82, 2.24) is 4.31 Å². The summed E-state index contributed by atoms with van der Waals surface area (Å²) >= 11 is 0. The molecule has 2 atom stereocenters. The van der Waals surface area contributed by atoms with Gasteiger partial charge in [0.05, 0.1) is 22.8 Å². The number of carbonyl (C=O) groups is 1. The number of hydrogen-bond acceptors (Lipinski definition) is 4. The number of morpholine rings is 1. The number of amides is 1. The average molecular weight is 364 g/mol. The van der Waals surface area contributed by atoms with E-state index in [1.165, 1.54) is 4.31 Å². The van der Waals surface area contributed by atoms with Gasteiger partial charge in [-0.05, 0) is 56.4 Å². The number of aryl methyl sites for hydroxylation is 2. The number of ether oxygens (including phenoxy) is 1. The highest BCUT2D eigenvalue weighted by Gasteiger charge is 2.35. The van der Waals surface area contributed by atoms with Crippen LogP contribution in [-0.4, -0.2) is 50.5 Å². The number of rotatable bonds is 2. The maximum Gasteiger partial charge on any atom is 0.243 e. The van der Waals surface area contributed by atoms with Gasteiger partial charge in [-0.1, -0.05) is 0 Å². The average Bonchev–Trinajstić information content (AvgIpc) is 2.57. The van der Waals surface area contributed by atoms with E-state index in [4.69, 9.17) is 4.74 Å². The molecule has 3 heterocycles. The quantitative estimate of drug-likeness (QED) is 0.801. The maximum atomic E-state index is 13.2. The number of sulfonamides is 1. The van der Waals surface area contributed by atoms with Crippen LogP contribution in [0.1, 0.15) is 37.8 Å². The zero-order valence-corrected chi connectivity index (χ0v) is 15.5. The number of benzene rings is 1. The van der Waals surface area contributed by atoms with Crippen molar-refractivity contribution in [3.8, 4) is 0 Å². The Kier molecular flexibility index (Phi) is 4.13. The molecule has 4 rings (SSSR count). The number of anilines is 1. The first-order valence-corrected chi connectivity index (χ1v) is 10.4. The molecule has 6 nitrogen and oxygen atoms in total. The molecule has 0 bridgehead atoms. The van der Waals surface area contributed by atoms with Gasteiger partial charge in [-0.3, -0.25) is 4.79 Å². The van der Waals surface area contributed by atoms with Gasteiger partial charge in [-0.15, -0.1) is 0 Å². The normalized spacial score (nSPS) is 27.3. The van der Waals surface area contributed by atoms with E-state index in [0.717, 1.165) is 36.2 Å². The molecule has 3 aliphatic heterocycles. The first-order chi connectivity index (χ1) is 11.9. The monoisotopic (exact) mass is 364 g/mol. The second kappa shape index (κ2) is 6.07. The molecule has 0 unspecified atom stereocenters. The number of nitrogens with zero attached hydrogens (tertiary/aromatic N) is 2. The van der Waals surface area contributed by atoms with Crippen LogP contribution in [0.5, 0.6) is 0 Å². The smallest absolute Gasteiger partial charge is 0.243 e. The highest BCUT2D eigenvalue weighted by molar-refractivity contribution is 7.89. The molecule has 136 valence electrons. The third kappa shape index (κ3) is 2.88. The topological polar surface area (TPSA) is 66.9 Å². The minimum Gasteiger partial charge on any atom is -0.373 e. The van der Waals surface area contributed by atoms with Crippen LogP contribution in [0.3, 0.4) is 0 Å². The lowest BCUT2D eigenvalue weighted by Gasteiger charge is -2.37. The van der Waals surface area contributed by atoms with E-state index in [0.29, 0.717) is 30.8 Å². The van der Waals surface area contributed by atoms with Gasteiger partial charge in [0.15, 0.2) is 0 Å². The summed E-state index contributed by atoms with van der Waals surface area (Å²) in [6.07, 6.45) is 2.57. The van der Waals surface area contributed by atoms with E-state index in [-0.39, 0.29) is 18.1 Å². The van der Waals surface area contributed by atoms with Crippen molar-refractivity contribution >= 4 is 21.6 Å². The molecule has 1 amide bonds. The molecule has 7 heteroatoms. The Morgan fingerprint density at radius 3 is 2.36 bits per heavy atom. The van der Waals surface area contributed by atoms with E-state index in [2.05, 4.69) is 0 Å². The van der Waals surface area contributed by atoms with Crippen LogP contribution in [0.4, 0.5) is 5.69 Å². The van der Waals surface area contributed by atoms with Crippen molar-refractivity contribution in [2.24, 2.45) is 0 Å². The van der Waals surface area contributed by atoms with Crippen molar-refractivity contribution in [1.29, 1.82) is 0 Å². The lowest BCUT2D eigenvalue weighted by molar-refractivity contribution is -0.119. The summed E-state index contributed by atoms with van der Waals surface area (Å²) in [6.45, 7) is 5.30. The van der Waals surface area contributed by atoms with Crippen LogP contribution >= 0.6 is 0 Å². The number of hydrogen-bond donors (Lipinski definition) is 0. The summed E-state index contributed by atoms with van der Waals surface area (Å²) in [5.74, 6) is 0.153. The molecular weight excluding hydrogens is 340 g/mol.